The summed E-state index contributed by atoms with van der Waals surface area (Å²) in [5.74, 6) is 0. The summed E-state index contributed by atoms with van der Waals surface area (Å²) in [7, 11) is 0. The number of alkyl carbamates (subject to hydrolysis) is 1. The average molecular weight is 231 g/mol. The van der Waals surface area contributed by atoms with E-state index in [0.29, 0.717) is 0 Å². The number of aliphatic hydroxyl groups is 1. The molecule has 0 aliphatic carbocycles. The van der Waals surface area contributed by atoms with Crippen LogP contribution in [0.4, 0.5) is 4.79 Å². The summed E-state index contributed by atoms with van der Waals surface area (Å²) in [4.78, 5) is 11.4. The van der Waals surface area contributed by atoms with Crippen molar-refractivity contribution in [2.24, 2.45) is 0 Å². The van der Waals surface area contributed by atoms with Crippen LogP contribution in [-0.2, 0) is 4.74 Å². The second-order valence-corrected chi connectivity index (χ2v) is 5.02. The van der Waals surface area contributed by atoms with E-state index in [0.717, 1.165) is 25.7 Å². The van der Waals surface area contributed by atoms with Crippen molar-refractivity contribution in [2.75, 3.05) is 6.61 Å². The van der Waals surface area contributed by atoms with Gasteiger partial charge in [0.05, 0.1) is 12.6 Å². The summed E-state index contributed by atoms with van der Waals surface area (Å²) in [6.07, 6.45) is 3.60. The Morgan fingerprint density at radius 1 is 1.38 bits per heavy atom. The molecule has 0 unspecified atom stereocenters. The summed E-state index contributed by atoms with van der Waals surface area (Å²) in [5, 5.41) is 11.8. The number of unbranched alkanes of at least 4 members (excludes halogenated alkanes) is 2. The summed E-state index contributed by atoms with van der Waals surface area (Å²) in [6.45, 7) is 7.53. The van der Waals surface area contributed by atoms with E-state index in [2.05, 4.69) is 12.2 Å². The van der Waals surface area contributed by atoms with Gasteiger partial charge >= 0.3 is 6.09 Å². The summed E-state index contributed by atoms with van der Waals surface area (Å²) >= 11 is 0. The highest BCUT2D eigenvalue weighted by molar-refractivity contribution is 5.68. The van der Waals surface area contributed by atoms with Crippen LogP contribution in [0.25, 0.3) is 0 Å². The van der Waals surface area contributed by atoms with Crippen LogP contribution < -0.4 is 5.32 Å². The van der Waals surface area contributed by atoms with Crippen molar-refractivity contribution in [3.63, 3.8) is 0 Å². The number of ether oxygens (including phenoxy) is 1. The molecule has 0 bridgehead atoms. The first-order chi connectivity index (χ1) is 7.39. The molecule has 0 rings (SSSR count). The second-order valence-electron chi connectivity index (χ2n) is 5.02. The summed E-state index contributed by atoms with van der Waals surface area (Å²) < 4.78 is 5.12. The molecule has 0 aromatic rings. The minimum atomic E-state index is -0.493. The van der Waals surface area contributed by atoms with Gasteiger partial charge in [0, 0.05) is 0 Å². The maximum atomic E-state index is 11.4. The Balaban J connectivity index is 3.88. The number of hydrogen-bond donors (Lipinski definition) is 2. The van der Waals surface area contributed by atoms with Crippen LogP contribution in [0, 0.1) is 0 Å². The molecule has 2 N–H and O–H groups in total. The van der Waals surface area contributed by atoms with E-state index in [-0.39, 0.29) is 12.6 Å². The van der Waals surface area contributed by atoms with Crippen molar-refractivity contribution in [1.29, 1.82) is 0 Å². The van der Waals surface area contributed by atoms with Crippen LogP contribution in [-0.4, -0.2) is 29.4 Å². The van der Waals surface area contributed by atoms with Gasteiger partial charge in [0.1, 0.15) is 5.60 Å². The summed E-state index contributed by atoms with van der Waals surface area (Å²) in [6, 6.07) is -0.193. The molecule has 1 atom stereocenters. The number of carbonyl (C=O) groups is 1. The van der Waals surface area contributed by atoms with Crippen LogP contribution in [0.2, 0.25) is 0 Å². The van der Waals surface area contributed by atoms with Gasteiger partial charge < -0.3 is 15.2 Å². The highest BCUT2D eigenvalue weighted by Gasteiger charge is 2.18. The van der Waals surface area contributed by atoms with E-state index in [1.807, 2.05) is 20.8 Å². The topological polar surface area (TPSA) is 58.6 Å². The van der Waals surface area contributed by atoms with Crippen molar-refractivity contribution < 1.29 is 14.6 Å². The lowest BCUT2D eigenvalue weighted by Gasteiger charge is -2.22. The molecule has 16 heavy (non-hydrogen) atoms. The van der Waals surface area contributed by atoms with Gasteiger partial charge in [-0.25, -0.2) is 4.79 Å². The first-order valence-electron chi connectivity index (χ1n) is 5.99. The molecule has 96 valence electrons. The van der Waals surface area contributed by atoms with Crippen LogP contribution >= 0.6 is 0 Å². The lowest BCUT2D eigenvalue weighted by Crippen LogP contribution is -2.40. The quantitative estimate of drug-likeness (QED) is 0.690. The predicted octanol–water partition coefficient (Wildman–Crippen LogP) is 2.45. The van der Waals surface area contributed by atoms with E-state index in [1.54, 1.807) is 0 Å². The van der Waals surface area contributed by atoms with Gasteiger partial charge in [0.25, 0.3) is 0 Å². The molecular formula is C12H25NO3. The van der Waals surface area contributed by atoms with Gasteiger partial charge in [0.15, 0.2) is 0 Å². The molecule has 0 radical (unpaired) electrons. The van der Waals surface area contributed by atoms with Crippen molar-refractivity contribution in [2.45, 2.75) is 65.0 Å². The van der Waals surface area contributed by atoms with Crippen LogP contribution in [0.1, 0.15) is 53.4 Å². The first kappa shape index (κ1) is 15.2. The minimum absolute atomic E-state index is 0.0387. The minimum Gasteiger partial charge on any atom is -0.444 e. The van der Waals surface area contributed by atoms with E-state index in [4.69, 9.17) is 9.84 Å². The molecule has 4 nitrogen and oxygen atoms in total. The largest absolute Gasteiger partial charge is 0.444 e. The molecule has 0 aliphatic heterocycles. The van der Waals surface area contributed by atoms with Crippen molar-refractivity contribution in [1.82, 2.24) is 5.32 Å². The normalized spacial score (nSPS) is 13.3. The lowest BCUT2D eigenvalue weighted by molar-refractivity contribution is 0.0478. The molecule has 0 spiro atoms. The lowest BCUT2D eigenvalue weighted by atomic mass is 10.1. The highest BCUT2D eigenvalue weighted by atomic mass is 16.6. The highest BCUT2D eigenvalue weighted by Crippen LogP contribution is 2.08. The third-order valence-electron chi connectivity index (χ3n) is 2.10. The van der Waals surface area contributed by atoms with Crippen LogP contribution in [0.3, 0.4) is 0 Å². The molecule has 1 amide bonds. The molecule has 0 aromatic carbocycles. The fraction of sp³-hybridized carbons (Fsp3) is 0.917. The Hall–Kier alpha value is -0.770. The van der Waals surface area contributed by atoms with Crippen molar-refractivity contribution >= 4 is 6.09 Å². The molecule has 0 fully saturated rings. The zero-order valence-corrected chi connectivity index (χ0v) is 10.9. The van der Waals surface area contributed by atoms with E-state index in [9.17, 15) is 4.79 Å². The van der Waals surface area contributed by atoms with E-state index >= 15 is 0 Å². The Labute approximate surface area is 98.4 Å². The molecule has 0 heterocycles. The van der Waals surface area contributed by atoms with Crippen molar-refractivity contribution in [3.05, 3.63) is 0 Å². The van der Waals surface area contributed by atoms with Crippen LogP contribution in [0.5, 0.6) is 0 Å². The zero-order valence-electron chi connectivity index (χ0n) is 10.9. The van der Waals surface area contributed by atoms with E-state index in [1.165, 1.54) is 0 Å². The fourth-order valence-electron chi connectivity index (χ4n) is 1.32. The molecule has 0 aliphatic rings. The Morgan fingerprint density at radius 3 is 2.44 bits per heavy atom. The smallest absolute Gasteiger partial charge is 0.407 e. The predicted molar refractivity (Wildman–Crippen MR) is 64.4 cm³/mol. The monoisotopic (exact) mass is 231 g/mol. The Bertz CT molecular complexity index is 199. The number of hydrogen-bond acceptors (Lipinski definition) is 3. The molecule has 0 saturated heterocycles. The Morgan fingerprint density at radius 2 is 2.00 bits per heavy atom. The summed E-state index contributed by atoms with van der Waals surface area (Å²) in [5.41, 5.74) is -0.493. The molecular weight excluding hydrogens is 206 g/mol. The standard InChI is InChI=1S/C12H25NO3/c1-5-6-7-8-10(9-14)13-11(15)16-12(2,3)4/h10,14H,5-9H2,1-4H3,(H,13,15)/t10-/m0/s1. The fourth-order valence-corrected chi connectivity index (χ4v) is 1.32. The van der Waals surface area contributed by atoms with Gasteiger partial charge in [0.2, 0.25) is 0 Å². The van der Waals surface area contributed by atoms with E-state index < -0.39 is 11.7 Å². The average Bonchev–Trinajstić information content (AvgIpc) is 2.13. The van der Waals surface area contributed by atoms with Gasteiger partial charge in [-0.1, -0.05) is 26.2 Å². The first-order valence-corrected chi connectivity index (χ1v) is 5.99. The number of aliphatic hydroxyl groups excluding tert-OH is 1. The zero-order chi connectivity index (χ0) is 12.6. The van der Waals surface area contributed by atoms with Crippen molar-refractivity contribution in [3.8, 4) is 0 Å². The Kier molecular flexibility index (Phi) is 7.13. The second kappa shape index (κ2) is 7.49. The third-order valence-corrected chi connectivity index (χ3v) is 2.10. The van der Waals surface area contributed by atoms with Gasteiger partial charge in [-0.2, -0.15) is 0 Å². The van der Waals surface area contributed by atoms with Gasteiger partial charge in [-0.05, 0) is 27.2 Å². The molecule has 0 saturated carbocycles. The van der Waals surface area contributed by atoms with Gasteiger partial charge in [-0.3, -0.25) is 0 Å². The third kappa shape index (κ3) is 8.53. The number of amides is 1. The number of rotatable bonds is 6. The number of carbonyl (C=O) groups excluding carboxylic acids is 1. The van der Waals surface area contributed by atoms with Gasteiger partial charge in [-0.15, -0.1) is 0 Å². The SMILES string of the molecule is CCCCC[C@@H](CO)NC(=O)OC(C)(C)C. The molecule has 4 heteroatoms. The number of nitrogens with one attached hydrogen (secondary N) is 1. The maximum Gasteiger partial charge on any atom is 0.407 e. The van der Waals surface area contributed by atoms with Crippen LogP contribution in [0.15, 0.2) is 0 Å². The molecule has 0 aromatic heterocycles. The maximum absolute atomic E-state index is 11.4.